The van der Waals surface area contributed by atoms with Gasteiger partial charge in [0.1, 0.15) is 34.6 Å². The van der Waals surface area contributed by atoms with Gasteiger partial charge in [0.25, 0.3) is 0 Å². The first kappa shape index (κ1) is 35.0. The molecule has 2 unspecified atom stereocenters. The highest BCUT2D eigenvalue weighted by molar-refractivity contribution is 6.35. The summed E-state index contributed by atoms with van der Waals surface area (Å²) in [4.78, 5) is 41.7. The summed E-state index contributed by atoms with van der Waals surface area (Å²) in [6, 6.07) is 7.91. The number of nitrogens with zero attached hydrogens (tertiary/aromatic N) is 2. The third-order valence-electron chi connectivity index (χ3n) is 8.47. The van der Waals surface area contributed by atoms with E-state index in [1.54, 1.807) is 18.2 Å². The Morgan fingerprint density at radius 3 is 2.25 bits per heavy atom. The molecule has 3 saturated heterocycles. The van der Waals surface area contributed by atoms with Crippen molar-refractivity contribution in [3.05, 3.63) is 92.6 Å². The van der Waals surface area contributed by atoms with E-state index in [1.807, 2.05) is 0 Å². The Balaban J connectivity index is 1.27. The van der Waals surface area contributed by atoms with Crippen LogP contribution < -0.4 is 24.8 Å². The zero-order valence-corrected chi connectivity index (χ0v) is 27.8. The number of fused-ring (bicyclic) bond motifs is 3. The van der Waals surface area contributed by atoms with Gasteiger partial charge in [-0.1, -0.05) is 41.4 Å². The highest BCUT2D eigenvalue weighted by Crippen LogP contribution is 2.35. The number of amides is 2. The molecule has 256 valence electrons. The summed E-state index contributed by atoms with van der Waals surface area (Å²) in [7, 11) is 2.93. The Morgan fingerprint density at radius 2 is 1.65 bits per heavy atom. The molecule has 3 aromatic rings. The second-order valence-electron chi connectivity index (χ2n) is 11.5. The maximum absolute atomic E-state index is 13.7. The standard InChI is InChI=1S/C33H35Cl2FN4O8/c1-45-26-8-5-21(13-28(26)46-2)27(14-23-24(34)16-40(44)17-25(23)35)47-30(41)15-37-33(43)38-31(20-3-6-22(36)7-4-20)32(42)48-29-18-39-11-9-19(29)10-12-39/h3-8,13,16-17,19,27,29,31H,9-12,14-15,18H2,1-2H3,(H2,37,38,43)/t27?,29-,31?/m0/s1. The van der Waals surface area contributed by atoms with Crippen LogP contribution in [0.15, 0.2) is 54.9 Å². The number of esters is 2. The van der Waals surface area contributed by atoms with E-state index >= 15 is 0 Å². The van der Waals surface area contributed by atoms with Gasteiger partial charge in [0.15, 0.2) is 29.9 Å². The Morgan fingerprint density at radius 1 is 1.00 bits per heavy atom. The quantitative estimate of drug-likeness (QED) is 0.160. The van der Waals surface area contributed by atoms with E-state index in [0.717, 1.165) is 38.3 Å². The topological polar surface area (TPSA) is 142 Å². The van der Waals surface area contributed by atoms with Gasteiger partial charge in [-0.05, 0) is 67.2 Å². The van der Waals surface area contributed by atoms with Crippen molar-refractivity contribution in [1.29, 1.82) is 0 Å². The number of nitrogens with one attached hydrogen (secondary N) is 2. The Bertz CT molecular complexity index is 1620. The summed E-state index contributed by atoms with van der Waals surface area (Å²) in [6.07, 6.45) is 2.76. The van der Waals surface area contributed by atoms with Crippen molar-refractivity contribution in [3.63, 3.8) is 0 Å². The van der Waals surface area contributed by atoms with Crippen molar-refractivity contribution in [1.82, 2.24) is 15.5 Å². The van der Waals surface area contributed by atoms with Gasteiger partial charge in [0.05, 0.1) is 14.2 Å². The first-order chi connectivity index (χ1) is 23.0. The van der Waals surface area contributed by atoms with E-state index in [4.69, 9.17) is 42.1 Å². The highest BCUT2D eigenvalue weighted by Gasteiger charge is 2.38. The molecule has 2 amide bonds. The van der Waals surface area contributed by atoms with E-state index in [1.165, 1.54) is 38.5 Å². The fourth-order valence-electron chi connectivity index (χ4n) is 5.92. The number of urea groups is 1. The summed E-state index contributed by atoms with van der Waals surface area (Å²) in [5.41, 5.74) is 1.15. The van der Waals surface area contributed by atoms with Gasteiger partial charge in [0, 0.05) is 18.5 Å². The van der Waals surface area contributed by atoms with Crippen LogP contribution in [0.1, 0.15) is 41.7 Å². The monoisotopic (exact) mass is 704 g/mol. The van der Waals surface area contributed by atoms with Gasteiger partial charge in [-0.2, -0.15) is 4.73 Å². The van der Waals surface area contributed by atoms with Crippen molar-refractivity contribution in [2.45, 2.75) is 37.5 Å². The largest absolute Gasteiger partial charge is 0.619 e. The van der Waals surface area contributed by atoms with E-state index in [-0.39, 0.29) is 28.5 Å². The maximum atomic E-state index is 13.7. The lowest BCUT2D eigenvalue weighted by Gasteiger charge is -2.44. The van der Waals surface area contributed by atoms with E-state index in [9.17, 15) is 24.0 Å². The molecule has 0 radical (unpaired) electrons. The summed E-state index contributed by atoms with van der Waals surface area (Å²) in [5.74, 6) is -0.992. The number of piperidine rings is 3. The molecule has 12 nitrogen and oxygen atoms in total. The van der Waals surface area contributed by atoms with Gasteiger partial charge in [-0.25, -0.2) is 14.0 Å². The number of methoxy groups -OCH3 is 2. The Labute approximate surface area is 286 Å². The molecule has 48 heavy (non-hydrogen) atoms. The molecular weight excluding hydrogens is 670 g/mol. The van der Waals surface area contributed by atoms with Gasteiger partial charge in [-0.15, -0.1) is 0 Å². The number of carbonyl (C=O) groups excluding carboxylic acids is 3. The van der Waals surface area contributed by atoms with Crippen LogP contribution in [-0.4, -0.2) is 69.4 Å². The van der Waals surface area contributed by atoms with Gasteiger partial charge >= 0.3 is 18.0 Å². The predicted molar refractivity (Wildman–Crippen MR) is 172 cm³/mol. The van der Waals surface area contributed by atoms with Crippen molar-refractivity contribution in [2.75, 3.05) is 40.4 Å². The van der Waals surface area contributed by atoms with Gasteiger partial charge in [-0.3, -0.25) is 9.69 Å². The summed E-state index contributed by atoms with van der Waals surface area (Å²) in [6.45, 7) is 1.93. The van der Waals surface area contributed by atoms with E-state index in [0.29, 0.717) is 39.5 Å². The number of rotatable bonds is 12. The fourth-order valence-corrected chi connectivity index (χ4v) is 6.52. The van der Waals surface area contributed by atoms with Crippen LogP contribution in [-0.2, 0) is 25.5 Å². The van der Waals surface area contributed by atoms with Gasteiger partial charge < -0.3 is 34.8 Å². The molecule has 2 bridgehead atoms. The second-order valence-corrected chi connectivity index (χ2v) is 12.3. The molecule has 2 aromatic carbocycles. The zero-order valence-electron chi connectivity index (χ0n) is 26.2. The van der Waals surface area contributed by atoms with Crippen molar-refractivity contribution in [3.8, 4) is 11.5 Å². The summed E-state index contributed by atoms with van der Waals surface area (Å²) < 4.78 is 36.5. The number of pyridine rings is 1. The molecule has 3 aliphatic rings. The van der Waals surface area contributed by atoms with E-state index in [2.05, 4.69) is 15.5 Å². The van der Waals surface area contributed by atoms with Crippen LogP contribution in [0.25, 0.3) is 0 Å². The van der Waals surface area contributed by atoms with Crippen LogP contribution in [0.3, 0.4) is 0 Å². The SMILES string of the molecule is COc1ccc(C(Cc2c(Cl)c[n+]([O-])cc2Cl)OC(=O)CNC(=O)NC(C(=O)O[C@H]2CN3CCC2CC3)c2ccc(F)cc2)cc1OC. The molecule has 0 saturated carbocycles. The predicted octanol–water partition coefficient (Wildman–Crippen LogP) is 4.29. The number of aromatic nitrogens is 1. The molecule has 3 atom stereocenters. The Kier molecular flexibility index (Phi) is 11.5. The van der Waals surface area contributed by atoms with Crippen LogP contribution in [0.2, 0.25) is 10.0 Å². The zero-order chi connectivity index (χ0) is 34.4. The molecule has 2 N–H and O–H groups in total. The minimum Gasteiger partial charge on any atom is -0.619 e. The minimum atomic E-state index is -1.26. The third kappa shape index (κ3) is 8.57. The molecule has 15 heteroatoms. The molecular formula is C33H35Cl2FN4O8. The van der Waals surface area contributed by atoms with Crippen LogP contribution in [0.4, 0.5) is 9.18 Å². The van der Waals surface area contributed by atoms with Crippen LogP contribution >= 0.6 is 23.2 Å². The van der Waals surface area contributed by atoms with Gasteiger partial charge in [0.2, 0.25) is 0 Å². The smallest absolute Gasteiger partial charge is 0.333 e. The minimum absolute atomic E-state index is 0.0238. The number of carbonyl (C=O) groups is 3. The maximum Gasteiger partial charge on any atom is 0.333 e. The lowest BCUT2D eigenvalue weighted by Crippen LogP contribution is -2.53. The second kappa shape index (κ2) is 15.7. The molecule has 0 spiro atoms. The first-order valence-electron chi connectivity index (χ1n) is 15.2. The van der Waals surface area contributed by atoms with Crippen LogP contribution in [0.5, 0.6) is 11.5 Å². The highest BCUT2D eigenvalue weighted by atomic mass is 35.5. The molecule has 0 aliphatic carbocycles. The van der Waals surface area contributed by atoms with Crippen LogP contribution in [0, 0.1) is 16.9 Å². The normalized spacial score (nSPS) is 19.5. The molecule has 3 aliphatic heterocycles. The molecule has 1 aromatic heterocycles. The lowest BCUT2D eigenvalue weighted by molar-refractivity contribution is -0.605. The number of hydrogen-bond acceptors (Lipinski definition) is 9. The lowest BCUT2D eigenvalue weighted by atomic mass is 9.86. The molecule has 4 heterocycles. The third-order valence-corrected chi connectivity index (χ3v) is 9.12. The molecule has 6 rings (SSSR count). The fraction of sp³-hybridized carbons (Fsp3) is 0.394. The average Bonchev–Trinajstić information content (AvgIpc) is 3.08. The summed E-state index contributed by atoms with van der Waals surface area (Å²) in [5, 5.41) is 16.9. The van der Waals surface area contributed by atoms with E-state index < -0.39 is 42.5 Å². The Hall–Kier alpha value is -4.33. The summed E-state index contributed by atoms with van der Waals surface area (Å²) >= 11 is 12.6. The number of ether oxygens (including phenoxy) is 4. The number of benzene rings is 2. The number of hydrogen-bond donors (Lipinski definition) is 2. The molecule has 3 fully saturated rings. The average molecular weight is 706 g/mol. The van der Waals surface area contributed by atoms with Crippen molar-refractivity contribution < 1.29 is 42.5 Å². The van der Waals surface area contributed by atoms with Crippen molar-refractivity contribution >= 4 is 41.2 Å². The number of halogens is 3. The first-order valence-corrected chi connectivity index (χ1v) is 16.0. The van der Waals surface area contributed by atoms with Crippen molar-refractivity contribution in [2.24, 2.45) is 5.92 Å².